The van der Waals surface area contributed by atoms with Crippen LogP contribution in [0.3, 0.4) is 0 Å². The van der Waals surface area contributed by atoms with Crippen LogP contribution in [0.1, 0.15) is 77.3 Å². The summed E-state index contributed by atoms with van der Waals surface area (Å²) < 4.78 is 5.96. The van der Waals surface area contributed by atoms with Gasteiger partial charge in [0, 0.05) is 11.8 Å². The first-order valence-electron chi connectivity index (χ1n) is 11.3. The van der Waals surface area contributed by atoms with Crippen LogP contribution < -0.4 is 4.74 Å². The molecule has 0 spiro atoms. The number of benzene rings is 1. The summed E-state index contributed by atoms with van der Waals surface area (Å²) in [6.45, 7) is 5.29. The first-order chi connectivity index (χ1) is 13.8. The van der Waals surface area contributed by atoms with Gasteiger partial charge in [-0.15, -0.1) is 0 Å². The highest BCUT2D eigenvalue weighted by molar-refractivity contribution is 5.58. The minimum Gasteiger partial charge on any atom is -0.494 e. The summed E-state index contributed by atoms with van der Waals surface area (Å²) in [5.41, 5.74) is 3.07. The quantitative estimate of drug-likeness (QED) is 0.422. The maximum absolute atomic E-state index is 5.96. The van der Waals surface area contributed by atoms with Gasteiger partial charge in [0.25, 0.3) is 0 Å². The lowest BCUT2D eigenvalue weighted by atomic mass is 9.78. The summed E-state index contributed by atoms with van der Waals surface area (Å²) in [7, 11) is 0. The lowest BCUT2D eigenvalue weighted by Crippen LogP contribution is -2.15. The summed E-state index contributed by atoms with van der Waals surface area (Å²) in [4.78, 5) is 9.03. The van der Waals surface area contributed by atoms with E-state index in [1.165, 1.54) is 44.9 Å². The van der Waals surface area contributed by atoms with Gasteiger partial charge in [-0.2, -0.15) is 0 Å². The minimum atomic E-state index is 0.819. The number of aromatic nitrogens is 2. The van der Waals surface area contributed by atoms with Crippen molar-refractivity contribution in [1.82, 2.24) is 9.97 Å². The van der Waals surface area contributed by atoms with Crippen molar-refractivity contribution in [1.29, 1.82) is 0 Å². The molecule has 1 fully saturated rings. The number of hydrogen-bond donors (Lipinski definition) is 0. The maximum Gasteiger partial charge on any atom is 0.119 e. The van der Waals surface area contributed by atoms with Gasteiger partial charge < -0.3 is 4.74 Å². The van der Waals surface area contributed by atoms with Crippen LogP contribution >= 0.6 is 0 Å². The van der Waals surface area contributed by atoms with Crippen molar-refractivity contribution >= 4 is 0 Å². The van der Waals surface area contributed by atoms with E-state index in [-0.39, 0.29) is 0 Å². The Labute approximate surface area is 171 Å². The fourth-order valence-corrected chi connectivity index (χ4v) is 4.39. The molecule has 0 aliphatic heterocycles. The molecular formula is C25H36N2O. The van der Waals surface area contributed by atoms with Gasteiger partial charge in [0.05, 0.1) is 24.2 Å². The van der Waals surface area contributed by atoms with E-state index in [1.54, 1.807) is 0 Å². The van der Waals surface area contributed by atoms with Crippen LogP contribution in [-0.4, -0.2) is 16.6 Å². The van der Waals surface area contributed by atoms with E-state index in [0.717, 1.165) is 60.4 Å². The molecule has 1 saturated carbocycles. The van der Waals surface area contributed by atoms with Crippen LogP contribution in [0.25, 0.3) is 11.3 Å². The van der Waals surface area contributed by atoms with Gasteiger partial charge in [-0.3, -0.25) is 9.97 Å². The summed E-state index contributed by atoms with van der Waals surface area (Å²) in [6, 6.07) is 8.25. The summed E-state index contributed by atoms with van der Waals surface area (Å²) in [5, 5.41) is 0. The molecule has 3 nitrogen and oxygen atoms in total. The van der Waals surface area contributed by atoms with E-state index < -0.39 is 0 Å². The highest BCUT2D eigenvalue weighted by atomic mass is 16.5. The highest BCUT2D eigenvalue weighted by Crippen LogP contribution is 2.33. The number of rotatable bonds is 10. The molecule has 1 aromatic heterocycles. The number of nitrogens with zero attached hydrogens (tertiary/aromatic N) is 2. The van der Waals surface area contributed by atoms with Crippen molar-refractivity contribution in [3.05, 3.63) is 42.4 Å². The molecule has 28 heavy (non-hydrogen) atoms. The molecule has 0 amide bonds. The lowest BCUT2D eigenvalue weighted by Gasteiger charge is -2.28. The largest absolute Gasteiger partial charge is 0.494 e. The summed E-state index contributed by atoms with van der Waals surface area (Å²) >= 11 is 0. The molecule has 0 N–H and O–H groups in total. The first-order valence-corrected chi connectivity index (χ1v) is 11.3. The molecule has 0 atom stereocenters. The predicted molar refractivity (Wildman–Crippen MR) is 117 cm³/mol. The second-order valence-electron chi connectivity index (χ2n) is 8.33. The molecular weight excluding hydrogens is 344 g/mol. The van der Waals surface area contributed by atoms with Crippen LogP contribution in [0.2, 0.25) is 0 Å². The average molecular weight is 381 g/mol. The molecule has 152 valence electrons. The first kappa shape index (κ1) is 20.8. The molecule has 0 radical (unpaired) electrons. The lowest BCUT2D eigenvalue weighted by molar-refractivity contribution is 0.230. The average Bonchev–Trinajstić information content (AvgIpc) is 2.74. The minimum absolute atomic E-state index is 0.819. The van der Waals surface area contributed by atoms with Gasteiger partial charge in [-0.05, 0) is 55.4 Å². The molecule has 0 saturated heterocycles. The van der Waals surface area contributed by atoms with Crippen LogP contribution in [0.5, 0.6) is 5.75 Å². The van der Waals surface area contributed by atoms with Gasteiger partial charge in [0.15, 0.2) is 0 Å². The van der Waals surface area contributed by atoms with Crippen molar-refractivity contribution in [2.75, 3.05) is 6.61 Å². The third-order valence-corrected chi connectivity index (χ3v) is 6.05. The third-order valence-electron chi connectivity index (χ3n) is 6.05. The zero-order valence-electron chi connectivity index (χ0n) is 17.7. The fraction of sp³-hybridized carbons (Fsp3) is 0.600. The molecule has 0 unspecified atom stereocenters. The molecule has 2 aromatic rings. The number of ether oxygens (including phenoxy) is 1. The Morgan fingerprint density at radius 3 is 2.18 bits per heavy atom. The van der Waals surface area contributed by atoms with Gasteiger partial charge in [0.2, 0.25) is 0 Å². The van der Waals surface area contributed by atoms with Crippen LogP contribution in [0.4, 0.5) is 0 Å². The van der Waals surface area contributed by atoms with Gasteiger partial charge in [-0.1, -0.05) is 58.8 Å². The van der Waals surface area contributed by atoms with E-state index in [2.05, 4.69) is 35.9 Å². The maximum atomic E-state index is 5.96. The molecule has 3 rings (SSSR count). The molecule has 1 aliphatic carbocycles. The fourth-order valence-electron chi connectivity index (χ4n) is 4.39. The topological polar surface area (TPSA) is 35.0 Å². The second kappa shape index (κ2) is 11.2. The molecule has 3 heteroatoms. The van der Waals surface area contributed by atoms with E-state index in [9.17, 15) is 0 Å². The standard InChI is InChI=1S/C25H36N2O/c1-3-6-20-9-11-21(12-10-20)8-5-17-28-24-15-13-22(14-16-24)25-19-26-23(7-4-2)18-27-25/h13-16,18-21H,3-12,17H2,1-2H3/t20-,21-. The van der Waals surface area contributed by atoms with Crippen molar-refractivity contribution in [3.8, 4) is 17.0 Å². The van der Waals surface area contributed by atoms with Gasteiger partial charge in [0.1, 0.15) is 5.75 Å². The zero-order chi connectivity index (χ0) is 19.6. The second-order valence-corrected chi connectivity index (χ2v) is 8.33. The number of aryl methyl sites for hydroxylation is 1. The SMILES string of the molecule is CCCc1cnc(-c2ccc(OCCC[C@H]3CC[C@H](CCC)CC3)cc2)cn1. The van der Waals surface area contributed by atoms with E-state index in [1.807, 2.05) is 24.5 Å². The Morgan fingerprint density at radius 2 is 1.57 bits per heavy atom. The number of hydrogen-bond acceptors (Lipinski definition) is 3. The predicted octanol–water partition coefficient (Wildman–Crippen LogP) is 6.86. The molecule has 1 aromatic carbocycles. The van der Waals surface area contributed by atoms with Gasteiger partial charge in [-0.25, -0.2) is 0 Å². The summed E-state index contributed by atoms with van der Waals surface area (Å²) in [5.74, 6) is 2.88. The van der Waals surface area contributed by atoms with Crippen LogP contribution in [0.15, 0.2) is 36.7 Å². The Hall–Kier alpha value is -1.90. The Balaban J connectivity index is 1.38. The summed E-state index contributed by atoms with van der Waals surface area (Å²) in [6.07, 6.45) is 16.8. The van der Waals surface area contributed by atoms with E-state index in [4.69, 9.17) is 4.74 Å². The van der Waals surface area contributed by atoms with Crippen molar-refractivity contribution < 1.29 is 4.74 Å². The Kier molecular flexibility index (Phi) is 8.32. The zero-order valence-corrected chi connectivity index (χ0v) is 17.7. The van der Waals surface area contributed by atoms with E-state index in [0.29, 0.717) is 0 Å². The van der Waals surface area contributed by atoms with Crippen LogP contribution in [0, 0.1) is 11.8 Å². The monoisotopic (exact) mass is 380 g/mol. The third kappa shape index (κ3) is 6.32. The van der Waals surface area contributed by atoms with Crippen molar-refractivity contribution in [3.63, 3.8) is 0 Å². The molecule has 1 aliphatic rings. The Bertz CT molecular complexity index is 673. The molecule has 1 heterocycles. The van der Waals surface area contributed by atoms with Crippen molar-refractivity contribution in [2.45, 2.75) is 78.1 Å². The Morgan fingerprint density at radius 1 is 0.857 bits per heavy atom. The van der Waals surface area contributed by atoms with Gasteiger partial charge >= 0.3 is 0 Å². The highest BCUT2D eigenvalue weighted by Gasteiger charge is 2.20. The van der Waals surface area contributed by atoms with E-state index >= 15 is 0 Å². The van der Waals surface area contributed by atoms with Crippen molar-refractivity contribution in [2.24, 2.45) is 11.8 Å². The van der Waals surface area contributed by atoms with Crippen LogP contribution in [-0.2, 0) is 6.42 Å². The normalized spacial score (nSPS) is 19.5. The smallest absolute Gasteiger partial charge is 0.119 e. The molecule has 0 bridgehead atoms.